The molecule has 0 saturated carbocycles. The molecule has 2 aromatic carbocycles. The van der Waals surface area contributed by atoms with Crippen LogP contribution in [0, 0.1) is 26.8 Å². The van der Waals surface area contributed by atoms with Gasteiger partial charge in [0.1, 0.15) is 28.6 Å². The second-order valence-corrected chi connectivity index (χ2v) is 7.48. The molecule has 9 heteroatoms. The zero-order valence-electron chi connectivity index (χ0n) is 13.4. The zero-order valence-corrected chi connectivity index (χ0v) is 16.5. The summed E-state index contributed by atoms with van der Waals surface area (Å²) in [6.07, 6.45) is 0. The Hall–Kier alpha value is -0.960. The Labute approximate surface area is 157 Å². The standard InChI is InChI=1S/C10H13F2O3P.C6H3F2I/c1-3-14-16(13,15-4-2)10-8(11)6-5-7-9(10)12;7-4-2-1-3-5(8)6(4)9/h5-7H,3-4H2,1-2H3;1-3H. The molecule has 25 heavy (non-hydrogen) atoms. The lowest BCUT2D eigenvalue weighted by Crippen LogP contribution is -2.18. The van der Waals surface area contributed by atoms with E-state index in [0.717, 1.165) is 12.1 Å². The molecule has 0 aromatic heterocycles. The van der Waals surface area contributed by atoms with E-state index in [-0.39, 0.29) is 16.8 Å². The van der Waals surface area contributed by atoms with Crippen LogP contribution in [0.2, 0.25) is 0 Å². The fraction of sp³-hybridized carbons (Fsp3) is 0.250. The van der Waals surface area contributed by atoms with Crippen molar-refractivity contribution in [2.45, 2.75) is 13.8 Å². The molecule has 138 valence electrons. The lowest BCUT2D eigenvalue weighted by molar-refractivity contribution is 0.228. The van der Waals surface area contributed by atoms with Gasteiger partial charge >= 0.3 is 7.60 Å². The summed E-state index contributed by atoms with van der Waals surface area (Å²) < 4.78 is 73.4. The molecule has 0 bridgehead atoms. The van der Waals surface area contributed by atoms with E-state index in [9.17, 15) is 22.1 Å². The molecule has 2 aromatic rings. The molecule has 0 atom stereocenters. The summed E-state index contributed by atoms with van der Waals surface area (Å²) in [5.74, 6) is -2.86. The fourth-order valence-corrected chi connectivity index (χ4v) is 3.78. The van der Waals surface area contributed by atoms with Gasteiger partial charge in [0.25, 0.3) is 0 Å². The van der Waals surface area contributed by atoms with Gasteiger partial charge in [0.2, 0.25) is 0 Å². The predicted octanol–water partition coefficient (Wildman–Crippen LogP) is 5.43. The minimum Gasteiger partial charge on any atom is -0.305 e. The minimum atomic E-state index is -3.90. The van der Waals surface area contributed by atoms with Crippen molar-refractivity contribution < 1.29 is 31.2 Å². The minimum absolute atomic E-state index is 0.0467. The highest BCUT2D eigenvalue weighted by Crippen LogP contribution is 2.48. The highest BCUT2D eigenvalue weighted by Gasteiger charge is 2.33. The van der Waals surface area contributed by atoms with E-state index in [1.165, 1.54) is 24.3 Å². The Balaban J connectivity index is 0.000000293. The summed E-state index contributed by atoms with van der Waals surface area (Å²) >= 11 is 1.62. The summed E-state index contributed by atoms with van der Waals surface area (Å²) in [6.45, 7) is 3.24. The normalized spacial score (nSPS) is 11.0. The van der Waals surface area contributed by atoms with Gasteiger partial charge in [-0.1, -0.05) is 12.1 Å². The van der Waals surface area contributed by atoms with Crippen LogP contribution in [-0.2, 0) is 13.6 Å². The molecule has 2 rings (SSSR count). The first-order chi connectivity index (χ1) is 11.8. The van der Waals surface area contributed by atoms with Crippen LogP contribution in [0.15, 0.2) is 36.4 Å². The molecule has 0 spiro atoms. The summed E-state index contributed by atoms with van der Waals surface area (Å²) in [7, 11) is -3.90. The van der Waals surface area contributed by atoms with Crippen molar-refractivity contribution in [3.05, 3.63) is 63.2 Å². The van der Waals surface area contributed by atoms with Crippen LogP contribution in [0.5, 0.6) is 0 Å². The molecule has 0 N–H and O–H groups in total. The molecule has 0 fully saturated rings. The SMILES string of the molecule is CCOP(=O)(OCC)c1c(F)cccc1F.Fc1cccc(F)c1I. The predicted molar refractivity (Wildman–Crippen MR) is 95.9 cm³/mol. The molecule has 0 radical (unpaired) electrons. The van der Waals surface area contributed by atoms with Crippen LogP contribution in [0.4, 0.5) is 17.6 Å². The number of rotatable bonds is 5. The van der Waals surface area contributed by atoms with E-state index in [4.69, 9.17) is 9.05 Å². The van der Waals surface area contributed by atoms with Crippen molar-refractivity contribution in [2.75, 3.05) is 13.2 Å². The van der Waals surface area contributed by atoms with Gasteiger partial charge in [0, 0.05) is 0 Å². The van der Waals surface area contributed by atoms with Gasteiger partial charge in [-0.15, -0.1) is 0 Å². The second kappa shape index (κ2) is 10.3. The van der Waals surface area contributed by atoms with Crippen LogP contribution >= 0.6 is 30.2 Å². The Kier molecular flexibility index (Phi) is 9.06. The van der Waals surface area contributed by atoms with Gasteiger partial charge < -0.3 is 9.05 Å². The van der Waals surface area contributed by atoms with E-state index < -0.39 is 36.2 Å². The van der Waals surface area contributed by atoms with Crippen LogP contribution < -0.4 is 5.30 Å². The number of hydrogen-bond acceptors (Lipinski definition) is 3. The summed E-state index contributed by atoms with van der Waals surface area (Å²) in [6, 6.07) is 7.02. The maximum absolute atomic E-state index is 13.4. The first-order valence-electron chi connectivity index (χ1n) is 7.20. The number of halogens is 5. The van der Waals surface area contributed by atoms with Gasteiger partial charge in [0.05, 0.1) is 16.8 Å². The van der Waals surface area contributed by atoms with Crippen molar-refractivity contribution in [2.24, 2.45) is 0 Å². The largest absolute Gasteiger partial charge is 0.367 e. The highest BCUT2D eigenvalue weighted by molar-refractivity contribution is 14.1. The Morgan fingerprint density at radius 1 is 0.840 bits per heavy atom. The average Bonchev–Trinajstić information content (AvgIpc) is 2.53. The van der Waals surface area contributed by atoms with Crippen molar-refractivity contribution >= 4 is 35.5 Å². The number of benzene rings is 2. The highest BCUT2D eigenvalue weighted by atomic mass is 127. The van der Waals surface area contributed by atoms with E-state index in [0.29, 0.717) is 0 Å². The molecular weight excluding hydrogens is 474 g/mol. The molecule has 0 heterocycles. The molecule has 3 nitrogen and oxygen atoms in total. The Morgan fingerprint density at radius 2 is 1.20 bits per heavy atom. The van der Waals surface area contributed by atoms with E-state index in [1.807, 2.05) is 0 Å². The van der Waals surface area contributed by atoms with Crippen LogP contribution in [0.3, 0.4) is 0 Å². The van der Waals surface area contributed by atoms with Crippen LogP contribution in [0.1, 0.15) is 13.8 Å². The first kappa shape index (κ1) is 22.1. The van der Waals surface area contributed by atoms with Crippen molar-refractivity contribution in [1.29, 1.82) is 0 Å². The molecule has 0 aliphatic heterocycles. The topological polar surface area (TPSA) is 35.5 Å². The monoisotopic (exact) mass is 490 g/mol. The number of hydrogen-bond donors (Lipinski definition) is 0. The Morgan fingerprint density at radius 3 is 1.52 bits per heavy atom. The van der Waals surface area contributed by atoms with E-state index >= 15 is 0 Å². The summed E-state index contributed by atoms with van der Waals surface area (Å²) in [5, 5.41) is -0.626. The third-order valence-electron chi connectivity index (χ3n) is 2.71. The summed E-state index contributed by atoms with van der Waals surface area (Å²) in [5.41, 5.74) is 0. The lowest BCUT2D eigenvalue weighted by atomic mass is 10.3. The van der Waals surface area contributed by atoms with Crippen molar-refractivity contribution in [3.63, 3.8) is 0 Å². The molecule has 0 aliphatic carbocycles. The fourth-order valence-electron chi connectivity index (χ4n) is 1.73. The summed E-state index contributed by atoms with van der Waals surface area (Å²) in [4.78, 5) is 0. The van der Waals surface area contributed by atoms with E-state index in [2.05, 4.69) is 0 Å². The second-order valence-electron chi connectivity index (χ2n) is 4.44. The smallest absolute Gasteiger partial charge is 0.305 e. The van der Waals surface area contributed by atoms with Crippen LogP contribution in [0.25, 0.3) is 0 Å². The van der Waals surface area contributed by atoms with E-state index in [1.54, 1.807) is 36.4 Å². The lowest BCUT2D eigenvalue weighted by Gasteiger charge is -2.17. The van der Waals surface area contributed by atoms with Gasteiger partial charge in [-0.05, 0) is 60.7 Å². The maximum Gasteiger partial charge on any atom is 0.367 e. The molecule has 0 amide bonds. The zero-order chi connectivity index (χ0) is 19.0. The Bertz CT molecular complexity index is 708. The molecule has 0 saturated heterocycles. The maximum atomic E-state index is 13.4. The van der Waals surface area contributed by atoms with Crippen molar-refractivity contribution in [3.8, 4) is 0 Å². The average molecular weight is 490 g/mol. The third-order valence-corrected chi connectivity index (χ3v) is 5.92. The first-order valence-corrected chi connectivity index (χ1v) is 9.82. The molecule has 0 unspecified atom stereocenters. The third kappa shape index (κ3) is 6.06. The van der Waals surface area contributed by atoms with Gasteiger partial charge in [0.15, 0.2) is 0 Å². The van der Waals surface area contributed by atoms with Gasteiger partial charge in [-0.2, -0.15) is 0 Å². The molecule has 0 aliphatic rings. The molecular formula is C16H16F4IO3P. The van der Waals surface area contributed by atoms with Gasteiger partial charge in [-0.3, -0.25) is 4.57 Å². The van der Waals surface area contributed by atoms with Crippen LogP contribution in [-0.4, -0.2) is 13.2 Å². The van der Waals surface area contributed by atoms with Crippen molar-refractivity contribution in [1.82, 2.24) is 0 Å². The quantitative estimate of drug-likeness (QED) is 0.243. The van der Waals surface area contributed by atoms with Gasteiger partial charge in [-0.25, -0.2) is 17.6 Å².